The molecule has 0 aliphatic rings. The number of nitrogens with two attached hydrogens (primary N) is 1. The Hall–Kier alpha value is -1.34. The van der Waals surface area contributed by atoms with Crippen LogP contribution in [0, 0.1) is 12.3 Å². The third-order valence-electron chi connectivity index (χ3n) is 1.12. The summed E-state index contributed by atoms with van der Waals surface area (Å²) in [7, 11) is 0. The van der Waals surface area contributed by atoms with Gasteiger partial charge in [-0.05, 0) is 0 Å². The Kier molecular flexibility index (Phi) is 2.03. The summed E-state index contributed by atoms with van der Waals surface area (Å²) >= 11 is 0. The molecule has 0 aromatic carbocycles. The lowest BCUT2D eigenvalue weighted by Crippen LogP contribution is -2.10. The number of aromatic nitrogens is 3. The second kappa shape index (κ2) is 2.99. The maximum absolute atomic E-state index is 5.57. The van der Waals surface area contributed by atoms with Crippen LogP contribution in [0.1, 0.15) is 18.3 Å². The van der Waals surface area contributed by atoms with Crippen molar-refractivity contribution in [1.29, 1.82) is 0 Å². The van der Waals surface area contributed by atoms with Crippen molar-refractivity contribution in [2.75, 3.05) is 0 Å². The average molecular weight is 136 g/mol. The minimum atomic E-state index is -0.215. The lowest BCUT2D eigenvalue weighted by Gasteiger charge is -2.00. The Morgan fingerprint density at radius 1 is 1.90 bits per heavy atom. The second-order valence-electron chi connectivity index (χ2n) is 1.89. The molecule has 1 aromatic heterocycles. The van der Waals surface area contributed by atoms with Crippen molar-refractivity contribution in [3.63, 3.8) is 0 Å². The molecular formula is C6H8N4. The molecule has 0 aliphatic heterocycles. The molecule has 10 heavy (non-hydrogen) atoms. The fraction of sp³-hybridized carbons (Fsp3) is 0.333. The SMILES string of the molecule is C#CC[C@@H](N)c1ncn[nH]1. The summed E-state index contributed by atoms with van der Waals surface area (Å²) in [6.07, 6.45) is 6.93. The number of terminal acetylenes is 1. The van der Waals surface area contributed by atoms with Gasteiger partial charge < -0.3 is 5.73 Å². The Morgan fingerprint density at radius 3 is 3.20 bits per heavy atom. The predicted octanol–water partition coefficient (Wildman–Crippen LogP) is -0.172. The van der Waals surface area contributed by atoms with Gasteiger partial charge in [-0.15, -0.1) is 12.3 Å². The van der Waals surface area contributed by atoms with Crippen LogP contribution < -0.4 is 5.73 Å². The third kappa shape index (κ3) is 1.33. The Bertz CT molecular complexity index is 220. The topological polar surface area (TPSA) is 67.6 Å². The zero-order valence-corrected chi connectivity index (χ0v) is 5.41. The Balaban J connectivity index is 2.61. The molecule has 3 N–H and O–H groups in total. The highest BCUT2D eigenvalue weighted by Gasteiger charge is 2.05. The van der Waals surface area contributed by atoms with E-state index in [0.717, 1.165) is 0 Å². The van der Waals surface area contributed by atoms with Crippen molar-refractivity contribution in [1.82, 2.24) is 15.2 Å². The van der Waals surface area contributed by atoms with E-state index >= 15 is 0 Å². The molecule has 0 aliphatic carbocycles. The smallest absolute Gasteiger partial charge is 0.142 e. The van der Waals surface area contributed by atoms with E-state index in [1.165, 1.54) is 6.33 Å². The van der Waals surface area contributed by atoms with Crippen LogP contribution in [0.4, 0.5) is 0 Å². The first kappa shape index (κ1) is 6.78. The second-order valence-corrected chi connectivity index (χ2v) is 1.89. The first-order chi connectivity index (χ1) is 4.84. The van der Waals surface area contributed by atoms with E-state index in [1.54, 1.807) is 0 Å². The number of hydrogen-bond donors (Lipinski definition) is 2. The van der Waals surface area contributed by atoms with Gasteiger partial charge >= 0.3 is 0 Å². The van der Waals surface area contributed by atoms with Gasteiger partial charge in [0.2, 0.25) is 0 Å². The van der Waals surface area contributed by atoms with E-state index in [9.17, 15) is 0 Å². The summed E-state index contributed by atoms with van der Waals surface area (Å²) in [6, 6.07) is -0.215. The molecule has 4 nitrogen and oxygen atoms in total. The molecule has 0 saturated heterocycles. The molecule has 0 fully saturated rings. The van der Waals surface area contributed by atoms with Crippen molar-refractivity contribution < 1.29 is 0 Å². The largest absolute Gasteiger partial charge is 0.321 e. The number of hydrogen-bond acceptors (Lipinski definition) is 3. The van der Waals surface area contributed by atoms with Crippen LogP contribution in [0.2, 0.25) is 0 Å². The minimum Gasteiger partial charge on any atom is -0.321 e. The third-order valence-corrected chi connectivity index (χ3v) is 1.12. The van der Waals surface area contributed by atoms with Gasteiger partial charge in [0.1, 0.15) is 12.2 Å². The van der Waals surface area contributed by atoms with E-state index in [4.69, 9.17) is 12.2 Å². The van der Waals surface area contributed by atoms with Crippen LogP contribution in [0.3, 0.4) is 0 Å². The maximum Gasteiger partial charge on any atom is 0.142 e. The lowest BCUT2D eigenvalue weighted by molar-refractivity contribution is 0.696. The number of nitrogens with one attached hydrogen (secondary N) is 1. The molecule has 0 spiro atoms. The van der Waals surface area contributed by atoms with E-state index in [1.807, 2.05) is 0 Å². The normalized spacial score (nSPS) is 12.4. The summed E-state index contributed by atoms with van der Waals surface area (Å²) in [4.78, 5) is 3.85. The number of aromatic amines is 1. The fourth-order valence-corrected chi connectivity index (χ4v) is 0.617. The standard InChI is InChI=1S/C6H8N4/c1-2-3-5(7)6-8-4-9-10-6/h1,4-5H,3,7H2,(H,8,9,10)/t5-/m1/s1. The Morgan fingerprint density at radius 2 is 2.70 bits per heavy atom. The molecule has 1 aromatic rings. The van der Waals surface area contributed by atoms with Crippen molar-refractivity contribution in [3.8, 4) is 12.3 Å². The molecule has 0 unspecified atom stereocenters. The summed E-state index contributed by atoms with van der Waals surface area (Å²) in [5, 5.41) is 6.28. The summed E-state index contributed by atoms with van der Waals surface area (Å²) in [5.41, 5.74) is 5.57. The van der Waals surface area contributed by atoms with Crippen LogP contribution in [0.15, 0.2) is 6.33 Å². The number of rotatable bonds is 2. The molecule has 52 valence electrons. The molecule has 0 amide bonds. The number of H-pyrrole nitrogens is 1. The van der Waals surface area contributed by atoms with Crippen LogP contribution >= 0.6 is 0 Å². The van der Waals surface area contributed by atoms with E-state index in [-0.39, 0.29) is 6.04 Å². The highest BCUT2D eigenvalue weighted by atomic mass is 15.2. The fourth-order valence-electron chi connectivity index (χ4n) is 0.617. The van der Waals surface area contributed by atoms with Gasteiger partial charge in [0, 0.05) is 6.42 Å². The Labute approximate surface area is 58.8 Å². The zero-order valence-electron chi connectivity index (χ0n) is 5.41. The molecule has 1 rings (SSSR count). The zero-order chi connectivity index (χ0) is 7.40. The quantitative estimate of drug-likeness (QED) is 0.554. The van der Waals surface area contributed by atoms with Crippen molar-refractivity contribution in [3.05, 3.63) is 12.2 Å². The summed E-state index contributed by atoms with van der Waals surface area (Å²) in [5.74, 6) is 3.08. The molecule has 4 heteroatoms. The van der Waals surface area contributed by atoms with Crippen molar-refractivity contribution >= 4 is 0 Å². The maximum atomic E-state index is 5.57. The highest BCUT2D eigenvalue weighted by Crippen LogP contribution is 2.04. The van der Waals surface area contributed by atoms with Crippen LogP contribution in [-0.2, 0) is 0 Å². The molecule has 0 radical (unpaired) electrons. The van der Waals surface area contributed by atoms with E-state index < -0.39 is 0 Å². The first-order valence-corrected chi connectivity index (χ1v) is 2.89. The molecule has 1 heterocycles. The highest BCUT2D eigenvalue weighted by molar-refractivity contribution is 4.97. The van der Waals surface area contributed by atoms with Gasteiger partial charge in [0.15, 0.2) is 0 Å². The minimum absolute atomic E-state index is 0.215. The van der Waals surface area contributed by atoms with Gasteiger partial charge in [-0.25, -0.2) is 4.98 Å². The molecule has 0 saturated carbocycles. The lowest BCUT2D eigenvalue weighted by atomic mass is 10.2. The number of nitrogens with zero attached hydrogens (tertiary/aromatic N) is 2. The molecule has 1 atom stereocenters. The average Bonchev–Trinajstić information content (AvgIpc) is 2.38. The van der Waals surface area contributed by atoms with Crippen LogP contribution in [0.25, 0.3) is 0 Å². The van der Waals surface area contributed by atoms with Crippen molar-refractivity contribution in [2.24, 2.45) is 5.73 Å². The van der Waals surface area contributed by atoms with Gasteiger partial charge in [0.25, 0.3) is 0 Å². The molecular weight excluding hydrogens is 128 g/mol. The summed E-state index contributed by atoms with van der Waals surface area (Å²) in [6.45, 7) is 0. The van der Waals surface area contributed by atoms with Gasteiger partial charge in [-0.2, -0.15) is 5.10 Å². The monoisotopic (exact) mass is 136 g/mol. The van der Waals surface area contributed by atoms with Gasteiger partial charge in [0.05, 0.1) is 6.04 Å². The predicted molar refractivity (Wildman–Crippen MR) is 36.8 cm³/mol. The van der Waals surface area contributed by atoms with Gasteiger partial charge in [-0.1, -0.05) is 0 Å². The van der Waals surface area contributed by atoms with E-state index in [2.05, 4.69) is 21.1 Å². The molecule has 0 bridgehead atoms. The van der Waals surface area contributed by atoms with Crippen LogP contribution in [-0.4, -0.2) is 15.2 Å². The van der Waals surface area contributed by atoms with Crippen molar-refractivity contribution in [2.45, 2.75) is 12.5 Å². The van der Waals surface area contributed by atoms with Gasteiger partial charge in [-0.3, -0.25) is 5.10 Å². The van der Waals surface area contributed by atoms with Crippen LogP contribution in [0.5, 0.6) is 0 Å². The summed E-state index contributed by atoms with van der Waals surface area (Å²) < 4.78 is 0. The first-order valence-electron chi connectivity index (χ1n) is 2.89. The van der Waals surface area contributed by atoms with E-state index in [0.29, 0.717) is 12.2 Å².